The Morgan fingerprint density at radius 1 is 1.38 bits per heavy atom. The van der Waals surface area contributed by atoms with Crippen molar-refractivity contribution in [1.82, 2.24) is 14.6 Å². The number of nitrogens with zero attached hydrogens (tertiary/aromatic N) is 3. The highest BCUT2D eigenvalue weighted by molar-refractivity contribution is 5.69. The van der Waals surface area contributed by atoms with Crippen LogP contribution in [-0.2, 0) is 14.3 Å². The summed E-state index contributed by atoms with van der Waals surface area (Å²) in [6.45, 7) is 10.1. The zero-order valence-corrected chi connectivity index (χ0v) is 16.0. The molecule has 9 nitrogen and oxygen atoms in total. The lowest BCUT2D eigenvalue weighted by molar-refractivity contribution is -0.180. The summed E-state index contributed by atoms with van der Waals surface area (Å²) in [5.74, 6) is 0.594. The molecule has 1 aromatic rings. The van der Waals surface area contributed by atoms with Crippen molar-refractivity contribution in [2.24, 2.45) is 5.92 Å². The minimum absolute atomic E-state index is 0.0790. The molecule has 0 bridgehead atoms. The Kier molecular flexibility index (Phi) is 13.4. The maximum Gasteiger partial charge on any atom is 0.420 e. The summed E-state index contributed by atoms with van der Waals surface area (Å²) in [5.41, 5.74) is 0.545. The van der Waals surface area contributed by atoms with E-state index < -0.39 is 12.4 Å². The zero-order chi connectivity index (χ0) is 19.9. The number of hydrogen-bond donors (Lipinski definition) is 2. The van der Waals surface area contributed by atoms with E-state index in [-0.39, 0.29) is 19.9 Å². The number of aliphatic hydroxyl groups excluding tert-OH is 2. The van der Waals surface area contributed by atoms with Crippen molar-refractivity contribution in [1.29, 1.82) is 0 Å². The molecule has 1 atom stereocenters. The Hall–Kier alpha value is -1.78. The van der Waals surface area contributed by atoms with Gasteiger partial charge in [0.05, 0.1) is 19.8 Å². The van der Waals surface area contributed by atoms with Crippen molar-refractivity contribution in [3.8, 4) is 0 Å². The quantitative estimate of drug-likeness (QED) is 0.362. The van der Waals surface area contributed by atoms with E-state index in [4.69, 9.17) is 19.8 Å². The molecule has 0 spiro atoms. The van der Waals surface area contributed by atoms with Crippen LogP contribution in [0.1, 0.15) is 27.2 Å². The number of hydroxylamine groups is 2. The fourth-order valence-electron chi connectivity index (χ4n) is 1.38. The van der Waals surface area contributed by atoms with Gasteiger partial charge in [-0.2, -0.15) is 5.06 Å². The standard InChI is InChI=1S/C11H19N3O3.C6H12O3/c1-10(2)4-7-17-13(3)9-16-11(15)14-6-5-12-8-14;1-5(2)6(8)9-4-3-7/h5-6,8,10H,4,7,9H2,1-3H3;6-8H,1,3-4H2,2H3. The molecule has 2 N–H and O–H groups in total. The fourth-order valence-corrected chi connectivity index (χ4v) is 1.38. The third-order valence-corrected chi connectivity index (χ3v) is 2.88. The van der Waals surface area contributed by atoms with Crippen LogP contribution in [0.4, 0.5) is 4.79 Å². The zero-order valence-electron chi connectivity index (χ0n) is 16.0. The maximum absolute atomic E-state index is 11.4. The molecular weight excluding hydrogens is 342 g/mol. The van der Waals surface area contributed by atoms with Crippen LogP contribution in [0.15, 0.2) is 30.9 Å². The number of carbonyl (C=O) groups is 1. The van der Waals surface area contributed by atoms with Gasteiger partial charge in [0, 0.05) is 19.4 Å². The smallest absolute Gasteiger partial charge is 0.420 e. The SMILES string of the molecule is C=C(C)C(O)OCCO.CC(C)CCON(C)COC(=O)n1ccnc1. The van der Waals surface area contributed by atoms with Gasteiger partial charge in [-0.3, -0.25) is 4.84 Å². The summed E-state index contributed by atoms with van der Waals surface area (Å²) in [6, 6.07) is 0. The van der Waals surface area contributed by atoms with Crippen molar-refractivity contribution in [2.45, 2.75) is 33.5 Å². The van der Waals surface area contributed by atoms with Gasteiger partial charge >= 0.3 is 6.09 Å². The van der Waals surface area contributed by atoms with Crippen molar-refractivity contribution in [3.05, 3.63) is 30.9 Å². The Labute approximate surface area is 154 Å². The molecule has 0 amide bonds. The highest BCUT2D eigenvalue weighted by Gasteiger charge is 2.07. The van der Waals surface area contributed by atoms with E-state index in [2.05, 4.69) is 30.1 Å². The molecule has 0 saturated carbocycles. The third kappa shape index (κ3) is 12.6. The number of aromatic nitrogens is 2. The summed E-state index contributed by atoms with van der Waals surface area (Å²) >= 11 is 0. The molecule has 0 aliphatic carbocycles. The summed E-state index contributed by atoms with van der Waals surface area (Å²) in [6.07, 6.45) is 4.01. The topological polar surface area (TPSA) is 106 Å². The maximum atomic E-state index is 11.4. The van der Waals surface area contributed by atoms with Crippen LogP contribution >= 0.6 is 0 Å². The van der Waals surface area contributed by atoms with Gasteiger partial charge in [0.25, 0.3) is 0 Å². The van der Waals surface area contributed by atoms with E-state index in [0.29, 0.717) is 18.1 Å². The first kappa shape index (κ1) is 24.2. The number of aliphatic hydroxyl groups is 2. The third-order valence-electron chi connectivity index (χ3n) is 2.88. The van der Waals surface area contributed by atoms with Crippen molar-refractivity contribution in [2.75, 3.05) is 33.6 Å². The molecule has 26 heavy (non-hydrogen) atoms. The van der Waals surface area contributed by atoms with Crippen molar-refractivity contribution < 1.29 is 29.3 Å². The molecule has 0 fully saturated rings. The first-order valence-electron chi connectivity index (χ1n) is 8.33. The minimum atomic E-state index is -0.933. The van der Waals surface area contributed by atoms with Gasteiger partial charge in [-0.25, -0.2) is 14.3 Å². The highest BCUT2D eigenvalue weighted by Crippen LogP contribution is 2.00. The van der Waals surface area contributed by atoms with E-state index in [9.17, 15) is 4.79 Å². The van der Waals surface area contributed by atoms with E-state index in [0.717, 1.165) is 6.42 Å². The molecule has 1 aromatic heterocycles. The molecule has 1 heterocycles. The number of carbonyl (C=O) groups excluding carboxylic acids is 1. The van der Waals surface area contributed by atoms with Crippen LogP contribution in [0.3, 0.4) is 0 Å². The lowest BCUT2D eigenvalue weighted by Crippen LogP contribution is -2.26. The largest absolute Gasteiger partial charge is 0.431 e. The van der Waals surface area contributed by atoms with Crippen LogP contribution in [0.2, 0.25) is 0 Å². The van der Waals surface area contributed by atoms with Gasteiger partial charge in [0.1, 0.15) is 6.33 Å². The monoisotopic (exact) mass is 373 g/mol. The Balaban J connectivity index is 0.000000590. The average molecular weight is 373 g/mol. The molecule has 1 unspecified atom stereocenters. The van der Waals surface area contributed by atoms with Crippen LogP contribution < -0.4 is 0 Å². The molecule has 0 aliphatic rings. The van der Waals surface area contributed by atoms with Gasteiger partial charge in [0.2, 0.25) is 0 Å². The molecule has 1 rings (SSSR count). The number of rotatable bonds is 10. The second kappa shape index (κ2) is 14.4. The van der Waals surface area contributed by atoms with Gasteiger partial charge in [-0.05, 0) is 24.8 Å². The van der Waals surface area contributed by atoms with E-state index in [1.807, 2.05) is 0 Å². The summed E-state index contributed by atoms with van der Waals surface area (Å²) in [7, 11) is 1.72. The fraction of sp³-hybridized carbons (Fsp3) is 0.647. The lowest BCUT2D eigenvalue weighted by atomic mass is 10.1. The number of hydrogen-bond acceptors (Lipinski definition) is 8. The van der Waals surface area contributed by atoms with E-state index in [1.165, 1.54) is 28.4 Å². The summed E-state index contributed by atoms with van der Waals surface area (Å²) in [5, 5.41) is 18.6. The van der Waals surface area contributed by atoms with Crippen LogP contribution in [0, 0.1) is 5.92 Å². The summed E-state index contributed by atoms with van der Waals surface area (Å²) < 4.78 is 10.9. The molecular formula is C17H31N3O6. The molecule has 0 saturated heterocycles. The van der Waals surface area contributed by atoms with Gasteiger partial charge in [-0.15, -0.1) is 0 Å². The minimum Gasteiger partial charge on any atom is -0.431 e. The first-order chi connectivity index (χ1) is 12.3. The molecule has 0 radical (unpaired) electrons. The van der Waals surface area contributed by atoms with E-state index >= 15 is 0 Å². The normalized spacial score (nSPS) is 11.8. The van der Waals surface area contributed by atoms with E-state index in [1.54, 1.807) is 14.0 Å². The molecule has 0 aliphatic heterocycles. The lowest BCUT2D eigenvalue weighted by Gasteiger charge is -2.17. The summed E-state index contributed by atoms with van der Waals surface area (Å²) in [4.78, 5) is 20.5. The van der Waals surface area contributed by atoms with Crippen LogP contribution in [0.5, 0.6) is 0 Å². The van der Waals surface area contributed by atoms with Gasteiger partial charge in [-0.1, -0.05) is 20.4 Å². The Morgan fingerprint density at radius 2 is 2.08 bits per heavy atom. The first-order valence-corrected chi connectivity index (χ1v) is 8.33. The Bertz CT molecular complexity index is 493. The van der Waals surface area contributed by atoms with Gasteiger partial charge in [0.15, 0.2) is 13.0 Å². The van der Waals surface area contributed by atoms with Gasteiger partial charge < -0.3 is 19.7 Å². The number of ether oxygens (including phenoxy) is 2. The predicted molar refractivity (Wildman–Crippen MR) is 96.0 cm³/mol. The van der Waals surface area contributed by atoms with Crippen molar-refractivity contribution >= 4 is 6.09 Å². The molecule has 0 aromatic carbocycles. The average Bonchev–Trinajstić information content (AvgIpc) is 3.12. The molecule has 9 heteroatoms. The Morgan fingerprint density at radius 3 is 2.58 bits per heavy atom. The van der Waals surface area contributed by atoms with Crippen LogP contribution in [0.25, 0.3) is 0 Å². The predicted octanol–water partition coefficient (Wildman–Crippen LogP) is 1.62. The van der Waals surface area contributed by atoms with Crippen molar-refractivity contribution in [3.63, 3.8) is 0 Å². The second-order valence-corrected chi connectivity index (χ2v) is 5.95. The van der Waals surface area contributed by atoms with Crippen LogP contribution in [-0.4, -0.2) is 70.8 Å². The highest BCUT2D eigenvalue weighted by atomic mass is 16.7. The number of imidazole rings is 1. The second-order valence-electron chi connectivity index (χ2n) is 5.95. The molecule has 150 valence electrons.